The summed E-state index contributed by atoms with van der Waals surface area (Å²) < 4.78 is 38.9. The maximum atomic E-state index is 13.4. The second-order valence-electron chi connectivity index (χ2n) is 7.60. The summed E-state index contributed by atoms with van der Waals surface area (Å²) in [5, 5.41) is 9.56. The molecule has 10 heteroatoms. The Morgan fingerprint density at radius 1 is 0.944 bits per heavy atom. The first-order valence-electron chi connectivity index (χ1n) is 10.8. The van der Waals surface area contributed by atoms with Gasteiger partial charge in [-0.3, -0.25) is 9.59 Å². The van der Waals surface area contributed by atoms with Gasteiger partial charge in [0.05, 0.1) is 32.0 Å². The highest BCUT2D eigenvalue weighted by Crippen LogP contribution is 2.35. The van der Waals surface area contributed by atoms with Crippen molar-refractivity contribution in [3.05, 3.63) is 90.1 Å². The fourth-order valence-corrected chi connectivity index (χ4v) is 3.49. The van der Waals surface area contributed by atoms with E-state index in [1.807, 2.05) is 30.3 Å². The highest BCUT2D eigenvalue weighted by Gasteiger charge is 2.22. The number of benzene rings is 3. The number of nitrogens with one attached hydrogen (secondary N) is 2. The first kappa shape index (κ1) is 24.4. The highest BCUT2D eigenvalue weighted by atomic mass is 19.2. The van der Waals surface area contributed by atoms with Gasteiger partial charge in [0, 0.05) is 23.5 Å². The van der Waals surface area contributed by atoms with Crippen LogP contribution in [0.5, 0.6) is 11.5 Å². The molecule has 0 spiro atoms. The van der Waals surface area contributed by atoms with Crippen LogP contribution in [-0.2, 0) is 4.79 Å². The number of carbonyl (C=O) groups is 2. The lowest BCUT2D eigenvalue weighted by Crippen LogP contribution is -2.33. The first-order valence-corrected chi connectivity index (χ1v) is 10.8. The minimum Gasteiger partial charge on any atom is -0.497 e. The molecular weight excluding hydrogens is 470 g/mol. The van der Waals surface area contributed by atoms with Crippen molar-refractivity contribution < 1.29 is 27.8 Å². The number of para-hydroxylation sites is 1. The predicted octanol–water partition coefficient (Wildman–Crippen LogP) is 4.20. The van der Waals surface area contributed by atoms with Gasteiger partial charge in [0.2, 0.25) is 5.91 Å². The first-order chi connectivity index (χ1) is 17.4. The van der Waals surface area contributed by atoms with Crippen molar-refractivity contribution in [3.63, 3.8) is 0 Å². The Morgan fingerprint density at radius 2 is 1.72 bits per heavy atom. The molecule has 4 rings (SSSR count). The van der Waals surface area contributed by atoms with E-state index < -0.39 is 30.0 Å². The van der Waals surface area contributed by atoms with E-state index in [2.05, 4.69) is 15.7 Å². The van der Waals surface area contributed by atoms with Crippen LogP contribution in [0.4, 0.5) is 14.5 Å². The molecule has 1 heterocycles. The molecule has 0 aliphatic carbocycles. The van der Waals surface area contributed by atoms with Gasteiger partial charge in [-0.25, -0.2) is 13.5 Å². The quantitative estimate of drug-likeness (QED) is 0.385. The average molecular weight is 492 g/mol. The van der Waals surface area contributed by atoms with Crippen LogP contribution in [0.2, 0.25) is 0 Å². The van der Waals surface area contributed by atoms with Crippen molar-refractivity contribution in [2.75, 3.05) is 26.1 Å². The van der Waals surface area contributed by atoms with Gasteiger partial charge < -0.3 is 20.1 Å². The summed E-state index contributed by atoms with van der Waals surface area (Å²) in [4.78, 5) is 25.5. The summed E-state index contributed by atoms with van der Waals surface area (Å²) in [6.45, 7) is -0.414. The Hall–Kier alpha value is -4.73. The van der Waals surface area contributed by atoms with Crippen molar-refractivity contribution in [3.8, 4) is 28.4 Å². The fraction of sp³-hybridized carbons (Fsp3) is 0.115. The molecule has 0 atom stereocenters. The molecule has 0 bridgehead atoms. The average Bonchev–Trinajstić information content (AvgIpc) is 3.35. The lowest BCUT2D eigenvalue weighted by molar-refractivity contribution is -0.115. The van der Waals surface area contributed by atoms with Gasteiger partial charge in [-0.2, -0.15) is 5.10 Å². The number of rotatable bonds is 8. The van der Waals surface area contributed by atoms with E-state index in [9.17, 15) is 18.4 Å². The summed E-state index contributed by atoms with van der Waals surface area (Å²) in [5.74, 6) is -2.31. The van der Waals surface area contributed by atoms with E-state index in [1.54, 1.807) is 29.1 Å². The fourth-order valence-electron chi connectivity index (χ4n) is 3.49. The van der Waals surface area contributed by atoms with E-state index >= 15 is 0 Å². The van der Waals surface area contributed by atoms with E-state index in [4.69, 9.17) is 9.47 Å². The largest absolute Gasteiger partial charge is 0.497 e. The second kappa shape index (κ2) is 10.7. The smallest absolute Gasteiger partial charge is 0.255 e. The van der Waals surface area contributed by atoms with Crippen LogP contribution in [0.3, 0.4) is 0 Å². The third kappa shape index (κ3) is 5.33. The zero-order valence-corrected chi connectivity index (χ0v) is 19.4. The number of hydrogen-bond acceptors (Lipinski definition) is 5. The van der Waals surface area contributed by atoms with E-state index in [1.165, 1.54) is 20.3 Å². The molecule has 36 heavy (non-hydrogen) atoms. The highest BCUT2D eigenvalue weighted by molar-refractivity contribution is 6.03. The normalized spacial score (nSPS) is 10.6. The van der Waals surface area contributed by atoms with Gasteiger partial charge in [-0.05, 0) is 42.5 Å². The zero-order chi connectivity index (χ0) is 25.7. The maximum Gasteiger partial charge on any atom is 0.255 e. The van der Waals surface area contributed by atoms with Gasteiger partial charge in [0.15, 0.2) is 11.6 Å². The van der Waals surface area contributed by atoms with Crippen molar-refractivity contribution in [2.24, 2.45) is 0 Å². The Kier molecular flexibility index (Phi) is 7.24. The number of halogens is 2. The minimum atomic E-state index is -1.10. The number of hydrogen-bond donors (Lipinski definition) is 2. The maximum absolute atomic E-state index is 13.4. The van der Waals surface area contributed by atoms with Gasteiger partial charge >= 0.3 is 0 Å². The standard InChI is InChI=1S/C26H22F2N4O4/c1-35-18-9-11-23(36-2)19(13-18)25-20(15-32(31-25)17-6-4-3-5-7-17)26(34)29-14-24(33)30-16-8-10-21(27)22(28)12-16/h3-13,15H,14H2,1-2H3,(H,29,34)(H,30,33). The van der Waals surface area contributed by atoms with Crippen LogP contribution >= 0.6 is 0 Å². The van der Waals surface area contributed by atoms with Crippen LogP contribution in [0, 0.1) is 11.6 Å². The number of nitrogens with zero attached hydrogens (tertiary/aromatic N) is 2. The van der Waals surface area contributed by atoms with Gasteiger partial charge in [0.1, 0.15) is 17.2 Å². The summed E-state index contributed by atoms with van der Waals surface area (Å²) in [6.07, 6.45) is 1.55. The number of aromatic nitrogens is 2. The van der Waals surface area contributed by atoms with E-state index in [0.717, 1.165) is 17.8 Å². The molecule has 0 saturated heterocycles. The molecule has 0 aliphatic heterocycles. The lowest BCUT2D eigenvalue weighted by atomic mass is 10.1. The molecule has 184 valence electrons. The Labute approximate surface area is 205 Å². The number of methoxy groups -OCH3 is 2. The number of anilines is 1. The van der Waals surface area contributed by atoms with E-state index in [0.29, 0.717) is 22.8 Å². The number of amides is 2. The molecular formula is C26H22F2N4O4. The molecule has 0 radical (unpaired) electrons. The van der Waals surface area contributed by atoms with E-state index in [-0.39, 0.29) is 11.3 Å². The summed E-state index contributed by atoms with van der Waals surface area (Å²) >= 11 is 0. The third-order valence-electron chi connectivity index (χ3n) is 5.25. The Balaban J connectivity index is 1.62. The van der Waals surface area contributed by atoms with Crippen LogP contribution < -0.4 is 20.1 Å². The molecule has 4 aromatic rings. The molecule has 0 saturated carbocycles. The Bertz CT molecular complexity index is 1410. The molecule has 1 aromatic heterocycles. The summed E-state index contributed by atoms with van der Waals surface area (Å²) in [6, 6.07) is 17.3. The summed E-state index contributed by atoms with van der Waals surface area (Å²) in [5.41, 5.74) is 1.80. The molecule has 2 N–H and O–H groups in total. The van der Waals surface area contributed by atoms with Crippen LogP contribution in [-0.4, -0.2) is 42.4 Å². The monoisotopic (exact) mass is 492 g/mol. The lowest BCUT2D eigenvalue weighted by Gasteiger charge is -2.11. The van der Waals surface area contributed by atoms with Gasteiger partial charge in [0.25, 0.3) is 5.91 Å². The molecule has 0 fully saturated rings. The third-order valence-corrected chi connectivity index (χ3v) is 5.25. The molecule has 3 aromatic carbocycles. The van der Waals surface area contributed by atoms with Crippen molar-refractivity contribution in [2.45, 2.75) is 0 Å². The van der Waals surface area contributed by atoms with Gasteiger partial charge in [-0.1, -0.05) is 18.2 Å². The van der Waals surface area contributed by atoms with Crippen LogP contribution in [0.15, 0.2) is 72.9 Å². The SMILES string of the molecule is COc1ccc(OC)c(-c2nn(-c3ccccc3)cc2C(=O)NCC(=O)Nc2ccc(F)c(F)c2)c1. The number of carbonyl (C=O) groups excluding carboxylic acids is 2. The molecule has 0 unspecified atom stereocenters. The van der Waals surface area contributed by atoms with Crippen LogP contribution in [0.25, 0.3) is 16.9 Å². The number of ether oxygens (including phenoxy) is 2. The molecule has 2 amide bonds. The summed E-state index contributed by atoms with van der Waals surface area (Å²) in [7, 11) is 3.02. The van der Waals surface area contributed by atoms with Crippen molar-refractivity contribution >= 4 is 17.5 Å². The van der Waals surface area contributed by atoms with Crippen molar-refractivity contribution in [1.82, 2.24) is 15.1 Å². The molecule has 8 nitrogen and oxygen atoms in total. The Morgan fingerprint density at radius 3 is 2.42 bits per heavy atom. The second-order valence-corrected chi connectivity index (χ2v) is 7.60. The molecule has 0 aliphatic rings. The zero-order valence-electron chi connectivity index (χ0n) is 19.4. The minimum absolute atomic E-state index is 0.0619. The topological polar surface area (TPSA) is 94.5 Å². The van der Waals surface area contributed by atoms with Crippen molar-refractivity contribution in [1.29, 1.82) is 0 Å². The predicted molar refractivity (Wildman–Crippen MR) is 129 cm³/mol. The van der Waals surface area contributed by atoms with Gasteiger partial charge in [-0.15, -0.1) is 0 Å². The van der Waals surface area contributed by atoms with Crippen LogP contribution in [0.1, 0.15) is 10.4 Å².